The van der Waals surface area contributed by atoms with Crippen molar-refractivity contribution in [2.45, 2.75) is 4.90 Å². The number of thiophene rings is 1. The Bertz CT molecular complexity index is 736. The first-order chi connectivity index (χ1) is 9.44. The van der Waals surface area contributed by atoms with Gasteiger partial charge in [0.2, 0.25) is 0 Å². The minimum atomic E-state index is -3.86. The predicted octanol–water partition coefficient (Wildman–Crippen LogP) is 2.26. The normalized spacial score (nSPS) is 11.1. The van der Waals surface area contributed by atoms with Gasteiger partial charge in [0.1, 0.15) is 10.6 Å². The molecule has 1 aromatic heterocycles. The Morgan fingerprint density at radius 2 is 2.10 bits per heavy atom. The van der Waals surface area contributed by atoms with Crippen LogP contribution in [0, 0.1) is 0 Å². The number of anilines is 1. The summed E-state index contributed by atoms with van der Waals surface area (Å²) in [7, 11) is -2.43. The maximum Gasteiger partial charge on any atom is 0.348 e. The van der Waals surface area contributed by atoms with Gasteiger partial charge in [-0.25, -0.2) is 13.2 Å². The monoisotopic (exact) mass is 313 g/mol. The van der Waals surface area contributed by atoms with E-state index in [0.717, 1.165) is 11.3 Å². The summed E-state index contributed by atoms with van der Waals surface area (Å²) >= 11 is 0.950. The maximum atomic E-state index is 12.2. The summed E-state index contributed by atoms with van der Waals surface area (Å²) in [6.45, 7) is 0. The van der Waals surface area contributed by atoms with Crippen molar-refractivity contribution in [1.82, 2.24) is 0 Å². The Morgan fingerprint density at radius 1 is 1.35 bits per heavy atom. The van der Waals surface area contributed by atoms with Gasteiger partial charge in [-0.05, 0) is 23.6 Å². The molecule has 0 aliphatic rings. The van der Waals surface area contributed by atoms with Crippen LogP contribution < -0.4 is 9.46 Å². The second-order valence-corrected chi connectivity index (χ2v) is 6.35. The summed E-state index contributed by atoms with van der Waals surface area (Å²) in [4.78, 5) is 10.9. The zero-order valence-electron chi connectivity index (χ0n) is 10.4. The van der Waals surface area contributed by atoms with E-state index in [9.17, 15) is 13.2 Å². The molecule has 0 aliphatic carbocycles. The highest BCUT2D eigenvalue weighted by atomic mass is 32.2. The topological polar surface area (TPSA) is 92.7 Å². The second-order valence-electron chi connectivity index (χ2n) is 3.75. The van der Waals surface area contributed by atoms with Crippen molar-refractivity contribution in [1.29, 1.82) is 0 Å². The fourth-order valence-corrected chi connectivity index (χ4v) is 3.39. The molecule has 20 heavy (non-hydrogen) atoms. The van der Waals surface area contributed by atoms with E-state index < -0.39 is 16.0 Å². The molecular weight excluding hydrogens is 302 g/mol. The van der Waals surface area contributed by atoms with Gasteiger partial charge in [-0.3, -0.25) is 4.72 Å². The Hall–Kier alpha value is -2.06. The fourth-order valence-electron chi connectivity index (χ4n) is 1.53. The van der Waals surface area contributed by atoms with Crippen LogP contribution in [0.25, 0.3) is 0 Å². The van der Waals surface area contributed by atoms with E-state index in [1.54, 1.807) is 12.1 Å². The van der Waals surface area contributed by atoms with Crippen LogP contribution in [0.5, 0.6) is 5.75 Å². The zero-order chi connectivity index (χ0) is 14.8. The molecule has 2 N–H and O–H groups in total. The van der Waals surface area contributed by atoms with E-state index in [-0.39, 0.29) is 15.5 Å². The Balaban J connectivity index is 2.35. The zero-order valence-corrected chi connectivity index (χ0v) is 12.0. The Kier molecular flexibility index (Phi) is 3.96. The number of sulfonamides is 1. The van der Waals surface area contributed by atoms with Gasteiger partial charge in [0.05, 0.1) is 17.7 Å². The Morgan fingerprint density at radius 3 is 2.75 bits per heavy atom. The van der Waals surface area contributed by atoms with Gasteiger partial charge in [0.15, 0.2) is 0 Å². The SMILES string of the molecule is COc1cccc(S(=O)(=O)Nc2ccsc2C(=O)O)c1. The lowest BCUT2D eigenvalue weighted by molar-refractivity contribution is 0.0703. The molecule has 0 saturated carbocycles. The summed E-state index contributed by atoms with van der Waals surface area (Å²) in [6.07, 6.45) is 0. The minimum absolute atomic E-state index is 0.000566. The molecule has 0 unspecified atom stereocenters. The maximum absolute atomic E-state index is 12.2. The molecule has 1 heterocycles. The molecule has 0 atom stereocenters. The van der Waals surface area contributed by atoms with Crippen molar-refractivity contribution in [3.8, 4) is 5.75 Å². The van der Waals surface area contributed by atoms with Crippen molar-refractivity contribution in [2.75, 3.05) is 11.8 Å². The summed E-state index contributed by atoms with van der Waals surface area (Å²) in [5.41, 5.74) is 0.0466. The average Bonchev–Trinajstić information content (AvgIpc) is 2.86. The number of carbonyl (C=O) groups is 1. The van der Waals surface area contributed by atoms with Gasteiger partial charge in [-0.15, -0.1) is 11.3 Å². The molecule has 8 heteroatoms. The van der Waals surface area contributed by atoms with E-state index >= 15 is 0 Å². The van der Waals surface area contributed by atoms with Crippen LogP contribution in [0.2, 0.25) is 0 Å². The highest BCUT2D eigenvalue weighted by Crippen LogP contribution is 2.26. The smallest absolute Gasteiger partial charge is 0.348 e. The predicted molar refractivity (Wildman–Crippen MR) is 75.1 cm³/mol. The third kappa shape index (κ3) is 2.91. The second kappa shape index (κ2) is 5.51. The number of benzene rings is 1. The van der Waals surface area contributed by atoms with E-state index in [1.165, 1.54) is 30.7 Å². The lowest BCUT2D eigenvalue weighted by Gasteiger charge is -2.08. The van der Waals surface area contributed by atoms with E-state index in [4.69, 9.17) is 9.84 Å². The molecule has 0 bridgehead atoms. The van der Waals surface area contributed by atoms with Crippen LogP contribution in [-0.4, -0.2) is 26.6 Å². The fraction of sp³-hybridized carbons (Fsp3) is 0.0833. The first-order valence-corrected chi connectivity index (χ1v) is 7.78. The molecule has 2 aromatic rings. The molecule has 2 rings (SSSR count). The number of carboxylic acids is 1. The molecule has 0 aliphatic heterocycles. The largest absolute Gasteiger partial charge is 0.497 e. The number of rotatable bonds is 5. The first-order valence-electron chi connectivity index (χ1n) is 5.41. The lowest BCUT2D eigenvalue weighted by Crippen LogP contribution is -2.14. The average molecular weight is 313 g/mol. The van der Waals surface area contributed by atoms with Gasteiger partial charge < -0.3 is 9.84 Å². The summed E-state index contributed by atoms with van der Waals surface area (Å²) in [5.74, 6) is -0.778. The quantitative estimate of drug-likeness (QED) is 0.883. The number of aromatic carboxylic acids is 1. The van der Waals surface area contributed by atoms with Crippen molar-refractivity contribution >= 4 is 33.0 Å². The summed E-state index contributed by atoms with van der Waals surface area (Å²) < 4.78 is 31.6. The van der Waals surface area contributed by atoms with Crippen molar-refractivity contribution in [2.24, 2.45) is 0 Å². The Labute approximate surface area is 119 Å². The van der Waals surface area contributed by atoms with Gasteiger partial charge in [-0.2, -0.15) is 0 Å². The number of nitrogens with one attached hydrogen (secondary N) is 1. The van der Waals surface area contributed by atoms with Gasteiger partial charge in [0, 0.05) is 6.07 Å². The molecule has 106 valence electrons. The minimum Gasteiger partial charge on any atom is -0.497 e. The number of carboxylic acid groups (broad SMARTS) is 1. The third-order valence-corrected chi connectivity index (χ3v) is 4.72. The molecular formula is C12H11NO5S2. The summed E-state index contributed by atoms with van der Waals surface area (Å²) in [5, 5.41) is 10.5. The number of hydrogen-bond donors (Lipinski definition) is 2. The van der Waals surface area contributed by atoms with Gasteiger partial charge in [0.25, 0.3) is 10.0 Å². The molecule has 0 spiro atoms. The first kappa shape index (κ1) is 14.4. The van der Waals surface area contributed by atoms with Crippen LogP contribution in [-0.2, 0) is 10.0 Å². The van der Waals surface area contributed by atoms with Crippen LogP contribution in [0.4, 0.5) is 5.69 Å². The third-order valence-electron chi connectivity index (χ3n) is 2.46. The van der Waals surface area contributed by atoms with Gasteiger partial charge in [-0.1, -0.05) is 6.07 Å². The highest BCUT2D eigenvalue weighted by molar-refractivity contribution is 7.92. The molecule has 6 nitrogen and oxygen atoms in total. The van der Waals surface area contributed by atoms with Crippen LogP contribution >= 0.6 is 11.3 Å². The van der Waals surface area contributed by atoms with Crippen molar-refractivity contribution in [3.05, 3.63) is 40.6 Å². The summed E-state index contributed by atoms with van der Waals surface area (Å²) in [6, 6.07) is 7.32. The number of ether oxygens (including phenoxy) is 1. The number of methoxy groups -OCH3 is 1. The van der Waals surface area contributed by atoms with Crippen molar-refractivity contribution < 1.29 is 23.1 Å². The molecule has 0 amide bonds. The molecule has 0 radical (unpaired) electrons. The molecule has 0 saturated heterocycles. The van der Waals surface area contributed by atoms with Crippen molar-refractivity contribution in [3.63, 3.8) is 0 Å². The van der Waals surface area contributed by atoms with E-state index in [1.807, 2.05) is 0 Å². The number of hydrogen-bond acceptors (Lipinski definition) is 5. The van der Waals surface area contributed by atoms with E-state index in [2.05, 4.69) is 4.72 Å². The lowest BCUT2D eigenvalue weighted by atomic mass is 10.3. The van der Waals surface area contributed by atoms with Crippen LogP contribution in [0.3, 0.4) is 0 Å². The van der Waals surface area contributed by atoms with Gasteiger partial charge >= 0.3 is 5.97 Å². The van der Waals surface area contributed by atoms with E-state index in [0.29, 0.717) is 5.75 Å². The van der Waals surface area contributed by atoms with Crippen LogP contribution in [0.15, 0.2) is 40.6 Å². The molecule has 1 aromatic carbocycles. The highest BCUT2D eigenvalue weighted by Gasteiger charge is 2.19. The van der Waals surface area contributed by atoms with Crippen LogP contribution in [0.1, 0.15) is 9.67 Å². The standard InChI is InChI=1S/C12H11NO5S2/c1-18-8-3-2-4-9(7-8)20(16,17)13-10-5-6-19-11(10)12(14)15/h2-7,13H,1H3,(H,14,15). The molecule has 0 fully saturated rings.